The maximum absolute atomic E-state index is 13.7. The van der Waals surface area contributed by atoms with Crippen molar-refractivity contribution in [3.8, 4) is 33.8 Å². The van der Waals surface area contributed by atoms with E-state index in [1.54, 1.807) is 23.5 Å². The molecule has 2 aromatic carbocycles. The van der Waals surface area contributed by atoms with Gasteiger partial charge in [0.25, 0.3) is 0 Å². The summed E-state index contributed by atoms with van der Waals surface area (Å²) in [7, 11) is 2.58. The van der Waals surface area contributed by atoms with E-state index in [1.807, 2.05) is 75.1 Å². The van der Waals surface area contributed by atoms with Crippen LogP contribution in [0.1, 0.15) is 83.5 Å². The van der Waals surface area contributed by atoms with E-state index in [9.17, 15) is 19.2 Å². The van der Waals surface area contributed by atoms with Crippen molar-refractivity contribution < 1.29 is 28.7 Å². The van der Waals surface area contributed by atoms with Gasteiger partial charge in [-0.2, -0.15) is 0 Å². The number of aromatic nitrogens is 6. The van der Waals surface area contributed by atoms with Crippen LogP contribution in [0.15, 0.2) is 61.1 Å². The minimum atomic E-state index is -0.698. The number of H-pyrrole nitrogens is 2. The van der Waals surface area contributed by atoms with Gasteiger partial charge in [0.2, 0.25) is 11.8 Å². The van der Waals surface area contributed by atoms with Crippen LogP contribution in [0.3, 0.4) is 0 Å². The van der Waals surface area contributed by atoms with Gasteiger partial charge in [0.05, 0.1) is 49.2 Å². The largest absolute Gasteiger partial charge is 0.453 e. The Balaban J connectivity index is 1.02. The quantitative estimate of drug-likeness (QED) is 0.107. The zero-order chi connectivity index (χ0) is 41.8. The Bertz CT molecular complexity index is 2290. The third kappa shape index (κ3) is 8.91. The molecule has 5 heterocycles. The van der Waals surface area contributed by atoms with Gasteiger partial charge in [-0.25, -0.2) is 29.5 Å². The van der Waals surface area contributed by atoms with Crippen molar-refractivity contribution in [2.24, 2.45) is 11.8 Å². The number of carbonyl (C=O) groups is 4. The Morgan fingerprint density at radius 2 is 1.34 bits per heavy atom. The normalized spacial score (nSPS) is 17.7. The first-order chi connectivity index (χ1) is 28.4. The molecular formula is C43H52N10O6. The average Bonchev–Trinajstić information content (AvgIpc) is 4.08. The fourth-order valence-electron chi connectivity index (χ4n) is 8.05. The first-order valence-corrected chi connectivity index (χ1v) is 20.2. The molecule has 59 heavy (non-hydrogen) atoms. The second-order valence-corrected chi connectivity index (χ2v) is 16.0. The van der Waals surface area contributed by atoms with Crippen LogP contribution in [0.25, 0.3) is 44.8 Å². The predicted molar refractivity (Wildman–Crippen MR) is 220 cm³/mol. The molecule has 2 aliphatic rings. The molecule has 3 aromatic heterocycles. The lowest BCUT2D eigenvalue weighted by Gasteiger charge is -2.30. The Kier molecular flexibility index (Phi) is 12.2. The van der Waals surface area contributed by atoms with Gasteiger partial charge in [0.15, 0.2) is 5.82 Å². The van der Waals surface area contributed by atoms with Crippen LogP contribution >= 0.6 is 0 Å². The highest BCUT2D eigenvalue weighted by atomic mass is 16.5. The summed E-state index contributed by atoms with van der Waals surface area (Å²) in [5.41, 5.74) is 6.00. The van der Waals surface area contributed by atoms with Crippen LogP contribution in [-0.4, -0.2) is 103 Å². The smallest absolute Gasteiger partial charge is 0.407 e. The number of hydrogen-bond donors (Lipinski definition) is 4. The number of amides is 4. The average molecular weight is 805 g/mol. The minimum absolute atomic E-state index is 0.114. The van der Waals surface area contributed by atoms with Crippen molar-refractivity contribution in [3.05, 3.63) is 72.7 Å². The van der Waals surface area contributed by atoms with E-state index in [2.05, 4.69) is 35.6 Å². The molecule has 2 aliphatic heterocycles. The Morgan fingerprint density at radius 1 is 0.729 bits per heavy atom. The van der Waals surface area contributed by atoms with E-state index in [0.717, 1.165) is 64.7 Å². The molecule has 0 saturated carbocycles. The van der Waals surface area contributed by atoms with Crippen LogP contribution in [0.5, 0.6) is 0 Å². The van der Waals surface area contributed by atoms with E-state index in [-0.39, 0.29) is 35.7 Å². The maximum atomic E-state index is 13.7. The second kappa shape index (κ2) is 17.7. The standard InChI is InChI=1S/C43H52N10O6/c1-24(2)19-32(50-42(56)58-5)40(54)52-17-8-10-35(52)39-47-30-16-15-28(20-31(30)48-39)29-21-44-37(45-22-29)27-13-11-26(12-14-27)33-23-46-38(49-33)34-9-7-18-53(34)41(55)36(25(3)4)51-43(57)59-6/h11-16,20-25,32,34-36H,7-10,17-19H2,1-6H3,(H,46,49)(H,47,48)(H,50,56)(H,51,57)/t32-,34?,35+,36+/m1/s1. The van der Waals surface area contributed by atoms with Gasteiger partial charge in [-0.05, 0) is 67.2 Å². The van der Waals surface area contributed by atoms with E-state index in [0.29, 0.717) is 37.0 Å². The lowest BCUT2D eigenvalue weighted by molar-refractivity contribution is -0.136. The Morgan fingerprint density at radius 3 is 1.98 bits per heavy atom. The first-order valence-electron chi connectivity index (χ1n) is 20.2. The lowest BCUT2D eigenvalue weighted by Crippen LogP contribution is -2.51. The number of alkyl carbamates (subject to hydrolysis) is 2. The van der Waals surface area contributed by atoms with Gasteiger partial charge >= 0.3 is 12.2 Å². The zero-order valence-corrected chi connectivity index (χ0v) is 34.3. The van der Waals surface area contributed by atoms with Gasteiger partial charge in [-0.15, -0.1) is 0 Å². The molecule has 310 valence electrons. The van der Waals surface area contributed by atoms with Gasteiger partial charge in [-0.3, -0.25) is 9.59 Å². The summed E-state index contributed by atoms with van der Waals surface area (Å²) < 4.78 is 9.55. The van der Waals surface area contributed by atoms with Gasteiger partial charge in [0.1, 0.15) is 23.7 Å². The molecule has 5 aromatic rings. The number of nitrogens with zero attached hydrogens (tertiary/aromatic N) is 6. The monoisotopic (exact) mass is 804 g/mol. The molecule has 4 amide bonds. The molecular weight excluding hydrogens is 753 g/mol. The highest BCUT2D eigenvalue weighted by Gasteiger charge is 2.38. The Labute approximate surface area is 342 Å². The number of hydrogen-bond acceptors (Lipinski definition) is 10. The van der Waals surface area contributed by atoms with Crippen LogP contribution < -0.4 is 10.6 Å². The third-order valence-corrected chi connectivity index (χ3v) is 11.1. The fourth-order valence-corrected chi connectivity index (χ4v) is 8.05. The van der Waals surface area contributed by atoms with Crippen molar-refractivity contribution in [1.29, 1.82) is 0 Å². The molecule has 16 heteroatoms. The van der Waals surface area contributed by atoms with Crippen LogP contribution in [0.2, 0.25) is 0 Å². The predicted octanol–water partition coefficient (Wildman–Crippen LogP) is 6.56. The number of imidazole rings is 2. The third-order valence-electron chi connectivity index (χ3n) is 11.1. The van der Waals surface area contributed by atoms with Crippen molar-refractivity contribution in [1.82, 2.24) is 50.3 Å². The van der Waals surface area contributed by atoms with Crippen molar-refractivity contribution in [2.45, 2.75) is 84.0 Å². The fraction of sp³-hybridized carbons (Fsp3) is 0.442. The number of ether oxygens (including phenoxy) is 2. The first kappa shape index (κ1) is 40.9. The summed E-state index contributed by atoms with van der Waals surface area (Å²) in [4.78, 5) is 80.6. The van der Waals surface area contributed by atoms with Crippen molar-refractivity contribution in [2.75, 3.05) is 27.3 Å². The maximum Gasteiger partial charge on any atom is 0.407 e. The molecule has 2 fully saturated rings. The SMILES string of the molecule is COC(=O)N[C@H](C(=O)N1CCCC1c1ncc(-c2ccc(-c3ncc(-c4ccc5nc([C@@H]6CCCN6C(=O)[C@@H](CC(C)C)NC(=O)OC)[nH]c5c4)cn3)cc2)[nH]1)C(C)C. The number of fused-ring (bicyclic) bond motifs is 1. The number of likely N-dealkylation sites (tertiary alicyclic amines) is 2. The molecule has 0 radical (unpaired) electrons. The number of nitrogens with one attached hydrogen (secondary N) is 4. The number of carbonyl (C=O) groups excluding carboxylic acids is 4. The van der Waals surface area contributed by atoms with E-state index in [4.69, 9.17) is 14.5 Å². The van der Waals surface area contributed by atoms with Gasteiger partial charge < -0.3 is 39.9 Å². The van der Waals surface area contributed by atoms with Crippen LogP contribution in [-0.2, 0) is 19.1 Å². The van der Waals surface area contributed by atoms with E-state index < -0.39 is 24.3 Å². The summed E-state index contributed by atoms with van der Waals surface area (Å²) in [6.07, 6.45) is 7.84. The molecule has 0 aliphatic carbocycles. The Hall–Kier alpha value is -6.32. The number of methoxy groups -OCH3 is 2. The second-order valence-electron chi connectivity index (χ2n) is 16.0. The summed E-state index contributed by atoms with van der Waals surface area (Å²) in [6, 6.07) is 12.0. The molecule has 7 rings (SSSR count). The van der Waals surface area contributed by atoms with Crippen molar-refractivity contribution >= 4 is 35.0 Å². The molecule has 4 N–H and O–H groups in total. The van der Waals surface area contributed by atoms with E-state index >= 15 is 0 Å². The zero-order valence-electron chi connectivity index (χ0n) is 34.3. The summed E-state index contributed by atoms with van der Waals surface area (Å²) >= 11 is 0. The molecule has 16 nitrogen and oxygen atoms in total. The number of rotatable bonds is 12. The molecule has 0 bridgehead atoms. The summed E-state index contributed by atoms with van der Waals surface area (Å²) in [5.74, 6) is 1.80. The molecule has 0 spiro atoms. The lowest BCUT2D eigenvalue weighted by atomic mass is 10.0. The number of aromatic amines is 2. The van der Waals surface area contributed by atoms with Gasteiger partial charge in [0, 0.05) is 36.6 Å². The van der Waals surface area contributed by atoms with Crippen LogP contribution in [0, 0.1) is 11.8 Å². The van der Waals surface area contributed by atoms with Crippen LogP contribution in [0.4, 0.5) is 9.59 Å². The topological polar surface area (TPSA) is 200 Å². The number of benzene rings is 2. The highest BCUT2D eigenvalue weighted by molar-refractivity contribution is 5.87. The minimum Gasteiger partial charge on any atom is -0.453 e. The molecule has 1 unspecified atom stereocenters. The summed E-state index contributed by atoms with van der Waals surface area (Å²) in [6.45, 7) is 8.99. The van der Waals surface area contributed by atoms with E-state index in [1.165, 1.54) is 14.2 Å². The molecule has 2 saturated heterocycles. The highest BCUT2D eigenvalue weighted by Crippen LogP contribution is 2.35. The summed E-state index contributed by atoms with van der Waals surface area (Å²) in [5, 5.41) is 5.42. The van der Waals surface area contributed by atoms with Crippen molar-refractivity contribution in [3.63, 3.8) is 0 Å². The van der Waals surface area contributed by atoms with Gasteiger partial charge in [-0.1, -0.05) is 58.0 Å². The molecule has 4 atom stereocenters.